The molecule has 0 aliphatic heterocycles. The Labute approximate surface area is 191 Å². The van der Waals surface area contributed by atoms with Gasteiger partial charge in [-0.3, -0.25) is 19.6 Å². The van der Waals surface area contributed by atoms with Crippen LogP contribution in [-0.2, 0) is 33.7 Å². The average Bonchev–Trinajstić information content (AvgIpc) is 2.76. The van der Waals surface area contributed by atoms with Crippen LogP contribution in [0.15, 0.2) is 53.5 Å². The lowest BCUT2D eigenvalue weighted by Crippen LogP contribution is -2.38. The van der Waals surface area contributed by atoms with Crippen molar-refractivity contribution in [2.45, 2.75) is 32.7 Å². The van der Waals surface area contributed by atoms with Gasteiger partial charge in [0.15, 0.2) is 0 Å². The van der Waals surface area contributed by atoms with E-state index in [1.54, 1.807) is 56.3 Å². The first kappa shape index (κ1) is 23.9. The highest BCUT2D eigenvalue weighted by molar-refractivity contribution is 7.88. The number of aromatic nitrogens is 3. The molecule has 2 aromatic heterocycles. The Hall–Kier alpha value is -3.77. The number of aryl methyl sites for hydroxylation is 2. The van der Waals surface area contributed by atoms with Gasteiger partial charge in [-0.2, -0.15) is 0 Å². The predicted octanol–water partition coefficient (Wildman–Crippen LogP) is 0.600. The molecule has 5 N–H and O–H groups in total. The number of sulfonamides is 1. The molecule has 2 heterocycles. The number of nitrogens with one attached hydrogen (secondary N) is 3. The molecule has 1 amide bonds. The van der Waals surface area contributed by atoms with Gasteiger partial charge in [0.25, 0.3) is 5.56 Å². The summed E-state index contributed by atoms with van der Waals surface area (Å²) < 4.78 is 25.8. The number of nitrogens with zero attached hydrogens (tertiary/aromatic N) is 3. The van der Waals surface area contributed by atoms with Crippen LogP contribution < -0.4 is 26.9 Å². The summed E-state index contributed by atoms with van der Waals surface area (Å²) in [6.07, 6.45) is 1.37. The van der Waals surface area contributed by atoms with E-state index in [0.717, 1.165) is 5.56 Å². The molecule has 1 aromatic carbocycles. The quantitative estimate of drug-likeness (QED) is 0.330. The van der Waals surface area contributed by atoms with Crippen molar-refractivity contribution in [1.29, 1.82) is 0 Å². The molecule has 33 heavy (non-hydrogen) atoms. The number of pyridine rings is 1. The molecule has 0 radical (unpaired) electrons. The molecule has 11 nitrogen and oxygen atoms in total. The lowest BCUT2D eigenvalue weighted by atomic mass is 10.2. The van der Waals surface area contributed by atoms with Crippen LogP contribution in [0.4, 0.5) is 11.6 Å². The Morgan fingerprint density at radius 2 is 1.85 bits per heavy atom. The zero-order valence-electron chi connectivity index (χ0n) is 18.2. The number of hydrogen-bond acceptors (Lipinski definition) is 8. The lowest BCUT2D eigenvalue weighted by Gasteiger charge is -2.13. The number of hydrazine groups is 1. The Bertz CT molecular complexity index is 1310. The molecule has 3 rings (SSSR count). The summed E-state index contributed by atoms with van der Waals surface area (Å²) >= 11 is 0. The zero-order valence-corrected chi connectivity index (χ0v) is 19.0. The number of anilines is 2. The number of nitrogen functional groups attached to an aromatic ring is 1. The second-order valence-corrected chi connectivity index (χ2v) is 9.09. The van der Waals surface area contributed by atoms with Gasteiger partial charge >= 0.3 is 0 Å². The first-order valence-corrected chi connectivity index (χ1v) is 11.6. The number of carbonyl (C=O) groups excluding carboxylic acids is 1. The van der Waals surface area contributed by atoms with Crippen molar-refractivity contribution >= 4 is 27.6 Å². The fourth-order valence-electron chi connectivity index (χ4n) is 3.00. The van der Waals surface area contributed by atoms with E-state index < -0.39 is 21.5 Å². The highest BCUT2D eigenvalue weighted by Crippen LogP contribution is 2.08. The maximum atomic E-state index is 12.8. The van der Waals surface area contributed by atoms with Crippen molar-refractivity contribution in [3.63, 3.8) is 0 Å². The van der Waals surface area contributed by atoms with Crippen LogP contribution in [0.5, 0.6) is 0 Å². The van der Waals surface area contributed by atoms with E-state index in [-0.39, 0.29) is 24.7 Å². The minimum Gasteiger partial charge on any atom is -0.384 e. The third-order valence-corrected chi connectivity index (χ3v) is 5.90. The van der Waals surface area contributed by atoms with Gasteiger partial charge in [-0.25, -0.2) is 18.4 Å². The van der Waals surface area contributed by atoms with E-state index in [4.69, 9.17) is 5.73 Å². The Kier molecular flexibility index (Phi) is 7.41. The minimum atomic E-state index is -3.79. The van der Waals surface area contributed by atoms with Crippen LogP contribution in [0.2, 0.25) is 0 Å². The maximum Gasteiger partial charge on any atom is 0.295 e. The number of benzene rings is 1. The van der Waals surface area contributed by atoms with Crippen molar-refractivity contribution < 1.29 is 13.2 Å². The highest BCUT2D eigenvalue weighted by atomic mass is 32.2. The molecule has 0 aliphatic rings. The Morgan fingerprint density at radius 3 is 2.55 bits per heavy atom. The molecule has 0 unspecified atom stereocenters. The number of rotatable bonds is 9. The molecule has 0 bridgehead atoms. The number of nitrogens with two attached hydrogens (primary N) is 1. The number of carbonyl (C=O) groups is 1. The molecule has 12 heteroatoms. The fraction of sp³-hybridized carbons (Fsp3) is 0.238. The summed E-state index contributed by atoms with van der Waals surface area (Å²) in [6.45, 7) is 3.37. The van der Waals surface area contributed by atoms with E-state index in [0.29, 0.717) is 22.8 Å². The van der Waals surface area contributed by atoms with Crippen LogP contribution in [0.3, 0.4) is 0 Å². The van der Waals surface area contributed by atoms with Crippen molar-refractivity contribution in [2.75, 3.05) is 11.2 Å². The van der Waals surface area contributed by atoms with Gasteiger partial charge in [0.2, 0.25) is 21.7 Å². The SMILES string of the molecule is Cc1nc(N)ccc1CNC(=O)Cn1c(C)cnc(NNS(=O)(=O)Cc2ccccc2)c1=O. The van der Waals surface area contributed by atoms with E-state index in [2.05, 4.69) is 25.5 Å². The van der Waals surface area contributed by atoms with E-state index >= 15 is 0 Å². The third-order valence-electron chi connectivity index (χ3n) is 4.77. The van der Waals surface area contributed by atoms with Gasteiger partial charge in [-0.1, -0.05) is 36.4 Å². The van der Waals surface area contributed by atoms with Gasteiger partial charge in [-0.05, 0) is 31.0 Å². The van der Waals surface area contributed by atoms with Crippen molar-refractivity contribution in [2.24, 2.45) is 0 Å². The molecule has 0 aliphatic carbocycles. The largest absolute Gasteiger partial charge is 0.384 e. The van der Waals surface area contributed by atoms with Gasteiger partial charge in [-0.15, -0.1) is 4.83 Å². The van der Waals surface area contributed by atoms with Gasteiger partial charge in [0, 0.05) is 24.1 Å². The van der Waals surface area contributed by atoms with Gasteiger partial charge in [0.05, 0.1) is 5.75 Å². The van der Waals surface area contributed by atoms with E-state index in [1.165, 1.54) is 10.8 Å². The summed E-state index contributed by atoms with van der Waals surface area (Å²) in [5.74, 6) is -0.536. The van der Waals surface area contributed by atoms with Crippen molar-refractivity contribution in [3.05, 3.63) is 81.5 Å². The number of hydrogen-bond donors (Lipinski definition) is 4. The summed E-state index contributed by atoms with van der Waals surface area (Å²) in [5.41, 5.74) is 9.87. The molecule has 0 atom stereocenters. The summed E-state index contributed by atoms with van der Waals surface area (Å²) in [7, 11) is -3.79. The van der Waals surface area contributed by atoms with Crippen molar-refractivity contribution in [1.82, 2.24) is 24.7 Å². The maximum absolute atomic E-state index is 12.8. The molecular weight excluding hydrogens is 446 g/mol. The van der Waals surface area contributed by atoms with Crippen molar-refractivity contribution in [3.8, 4) is 0 Å². The van der Waals surface area contributed by atoms with Gasteiger partial charge in [0.1, 0.15) is 12.4 Å². The zero-order chi connectivity index (χ0) is 24.0. The molecule has 174 valence electrons. The topological polar surface area (TPSA) is 161 Å². The van der Waals surface area contributed by atoms with Crippen LogP contribution in [0.25, 0.3) is 0 Å². The first-order valence-electron chi connectivity index (χ1n) is 9.99. The van der Waals surface area contributed by atoms with Crippen LogP contribution in [0.1, 0.15) is 22.5 Å². The fourth-order valence-corrected chi connectivity index (χ4v) is 3.95. The normalized spacial score (nSPS) is 11.2. The second kappa shape index (κ2) is 10.2. The Balaban J connectivity index is 1.65. The van der Waals surface area contributed by atoms with Crippen LogP contribution in [-0.4, -0.2) is 28.9 Å². The Morgan fingerprint density at radius 1 is 1.12 bits per heavy atom. The average molecular weight is 472 g/mol. The van der Waals surface area contributed by atoms with Gasteiger partial charge < -0.3 is 11.1 Å². The second-order valence-electron chi connectivity index (χ2n) is 7.37. The number of amides is 1. The third kappa shape index (κ3) is 6.60. The van der Waals surface area contributed by atoms with Crippen LogP contribution >= 0.6 is 0 Å². The molecule has 0 fully saturated rings. The lowest BCUT2D eigenvalue weighted by molar-refractivity contribution is -0.121. The molecule has 0 saturated heterocycles. The molecule has 3 aromatic rings. The predicted molar refractivity (Wildman–Crippen MR) is 124 cm³/mol. The summed E-state index contributed by atoms with van der Waals surface area (Å²) in [4.78, 5) is 35.4. The highest BCUT2D eigenvalue weighted by Gasteiger charge is 2.15. The molecule has 0 spiro atoms. The first-order chi connectivity index (χ1) is 15.6. The van der Waals surface area contributed by atoms with E-state index in [9.17, 15) is 18.0 Å². The summed E-state index contributed by atoms with van der Waals surface area (Å²) in [5, 5.41) is 2.73. The summed E-state index contributed by atoms with van der Waals surface area (Å²) in [6, 6.07) is 12.0. The van der Waals surface area contributed by atoms with E-state index in [1.807, 2.05) is 0 Å². The smallest absolute Gasteiger partial charge is 0.295 e. The monoisotopic (exact) mass is 471 g/mol. The van der Waals surface area contributed by atoms with Crippen LogP contribution in [0, 0.1) is 13.8 Å². The minimum absolute atomic E-state index is 0.223. The molecular formula is C21H25N7O4S. The molecule has 0 saturated carbocycles. The standard InChI is InChI=1S/C21H25N7O4S/c1-14-10-24-20(26-27-33(31,32)13-16-6-4-3-5-7-16)21(30)28(14)12-19(29)23-11-17-8-9-18(22)25-15(17)2/h3-10,27H,11-13H2,1-2H3,(H2,22,25)(H,23,29)(H,24,26).